The van der Waals surface area contributed by atoms with Crippen LogP contribution in [0.2, 0.25) is 0 Å². The molecule has 0 N–H and O–H groups in total. The zero-order chi connectivity index (χ0) is 12.7. The molecule has 17 heavy (non-hydrogen) atoms. The fourth-order valence-corrected chi connectivity index (χ4v) is 2.98. The Kier molecular flexibility index (Phi) is 3.10. The van der Waals surface area contributed by atoms with Gasteiger partial charge in [0.1, 0.15) is 0 Å². The molecule has 1 saturated carbocycles. The van der Waals surface area contributed by atoms with E-state index in [0.717, 1.165) is 5.92 Å². The van der Waals surface area contributed by atoms with E-state index in [2.05, 4.69) is 58.9 Å². The molecular formula is C17H26. The van der Waals surface area contributed by atoms with Crippen molar-refractivity contribution < 1.29 is 0 Å². The molecule has 0 saturated heterocycles. The SMILES string of the molecule is CC1(C)CCC(c2cccc(C(C)(C)C)c2)C1. The molecule has 2 rings (SSSR count). The number of rotatable bonds is 1. The highest BCUT2D eigenvalue weighted by Crippen LogP contribution is 2.46. The summed E-state index contributed by atoms with van der Waals surface area (Å²) < 4.78 is 0. The molecule has 1 aliphatic carbocycles. The van der Waals surface area contributed by atoms with Crippen molar-refractivity contribution >= 4 is 0 Å². The lowest BCUT2D eigenvalue weighted by Gasteiger charge is -2.22. The lowest BCUT2D eigenvalue weighted by Crippen LogP contribution is -2.12. The molecule has 0 nitrogen and oxygen atoms in total. The Morgan fingerprint density at radius 1 is 1.18 bits per heavy atom. The van der Waals surface area contributed by atoms with E-state index in [-0.39, 0.29) is 5.41 Å². The van der Waals surface area contributed by atoms with Crippen molar-refractivity contribution in [2.24, 2.45) is 5.41 Å². The van der Waals surface area contributed by atoms with Gasteiger partial charge in [-0.15, -0.1) is 0 Å². The van der Waals surface area contributed by atoms with Gasteiger partial charge < -0.3 is 0 Å². The highest BCUT2D eigenvalue weighted by atomic mass is 14.4. The second-order valence-corrected chi connectivity index (χ2v) is 7.48. The van der Waals surface area contributed by atoms with Gasteiger partial charge in [0.15, 0.2) is 0 Å². The summed E-state index contributed by atoms with van der Waals surface area (Å²) in [5, 5.41) is 0. The first kappa shape index (κ1) is 12.7. The van der Waals surface area contributed by atoms with Gasteiger partial charge in [0, 0.05) is 0 Å². The van der Waals surface area contributed by atoms with Crippen LogP contribution in [0.3, 0.4) is 0 Å². The summed E-state index contributed by atoms with van der Waals surface area (Å²) in [5.41, 5.74) is 3.84. The van der Waals surface area contributed by atoms with Crippen molar-refractivity contribution in [3.05, 3.63) is 35.4 Å². The van der Waals surface area contributed by atoms with Gasteiger partial charge in [0.2, 0.25) is 0 Å². The summed E-state index contributed by atoms with van der Waals surface area (Å²) in [7, 11) is 0. The Labute approximate surface area is 106 Å². The van der Waals surface area contributed by atoms with E-state index in [1.54, 1.807) is 5.56 Å². The molecule has 0 heterocycles. The minimum Gasteiger partial charge on any atom is -0.0617 e. The van der Waals surface area contributed by atoms with Crippen LogP contribution in [-0.2, 0) is 5.41 Å². The van der Waals surface area contributed by atoms with Crippen molar-refractivity contribution in [2.75, 3.05) is 0 Å². The van der Waals surface area contributed by atoms with Gasteiger partial charge in [0.25, 0.3) is 0 Å². The van der Waals surface area contributed by atoms with Gasteiger partial charge in [-0.25, -0.2) is 0 Å². The van der Waals surface area contributed by atoms with Crippen molar-refractivity contribution in [1.82, 2.24) is 0 Å². The van der Waals surface area contributed by atoms with E-state index in [1.807, 2.05) is 0 Å². The van der Waals surface area contributed by atoms with E-state index in [0.29, 0.717) is 5.41 Å². The lowest BCUT2D eigenvalue weighted by atomic mass is 9.83. The average molecular weight is 230 g/mol. The van der Waals surface area contributed by atoms with E-state index in [4.69, 9.17) is 0 Å². The maximum Gasteiger partial charge on any atom is -0.0132 e. The fraction of sp³-hybridized carbons (Fsp3) is 0.647. The van der Waals surface area contributed by atoms with Crippen molar-refractivity contribution in [3.8, 4) is 0 Å². The monoisotopic (exact) mass is 230 g/mol. The van der Waals surface area contributed by atoms with Crippen molar-refractivity contribution in [2.45, 2.75) is 65.2 Å². The smallest absolute Gasteiger partial charge is 0.0132 e. The molecule has 0 radical (unpaired) electrons. The molecule has 0 aromatic heterocycles. The predicted molar refractivity (Wildman–Crippen MR) is 75.5 cm³/mol. The highest BCUT2D eigenvalue weighted by Gasteiger charge is 2.31. The number of benzene rings is 1. The molecule has 1 aromatic carbocycles. The summed E-state index contributed by atoms with van der Waals surface area (Å²) in [5.74, 6) is 0.785. The molecule has 0 amide bonds. The molecule has 1 atom stereocenters. The third kappa shape index (κ3) is 2.91. The maximum absolute atomic E-state index is 2.44. The summed E-state index contributed by atoms with van der Waals surface area (Å²) >= 11 is 0. The van der Waals surface area contributed by atoms with Crippen LogP contribution >= 0.6 is 0 Å². The normalized spacial score (nSPS) is 23.9. The van der Waals surface area contributed by atoms with Gasteiger partial charge in [-0.2, -0.15) is 0 Å². The van der Waals surface area contributed by atoms with Crippen LogP contribution in [0.25, 0.3) is 0 Å². The van der Waals surface area contributed by atoms with Crippen LogP contribution in [0.1, 0.15) is 70.9 Å². The van der Waals surface area contributed by atoms with E-state index < -0.39 is 0 Å². The fourth-order valence-electron chi connectivity index (χ4n) is 2.98. The molecule has 0 spiro atoms. The van der Waals surface area contributed by atoms with Crippen LogP contribution in [0, 0.1) is 5.41 Å². The molecule has 94 valence electrons. The van der Waals surface area contributed by atoms with E-state index >= 15 is 0 Å². The van der Waals surface area contributed by atoms with Crippen LogP contribution in [0.15, 0.2) is 24.3 Å². The lowest BCUT2D eigenvalue weighted by molar-refractivity contribution is 0.376. The Bertz CT molecular complexity index is 393. The topological polar surface area (TPSA) is 0 Å². The molecule has 0 bridgehead atoms. The van der Waals surface area contributed by atoms with Crippen LogP contribution in [0.5, 0.6) is 0 Å². The van der Waals surface area contributed by atoms with E-state index in [1.165, 1.54) is 24.8 Å². The number of hydrogen-bond acceptors (Lipinski definition) is 0. The van der Waals surface area contributed by atoms with Crippen LogP contribution in [0.4, 0.5) is 0 Å². The summed E-state index contributed by atoms with van der Waals surface area (Å²) in [4.78, 5) is 0. The highest BCUT2D eigenvalue weighted by molar-refractivity contribution is 5.31. The zero-order valence-electron chi connectivity index (χ0n) is 12.0. The molecule has 1 unspecified atom stereocenters. The zero-order valence-corrected chi connectivity index (χ0v) is 12.0. The first-order chi connectivity index (χ1) is 7.78. The summed E-state index contributed by atoms with van der Waals surface area (Å²) in [6.45, 7) is 11.7. The minimum absolute atomic E-state index is 0.268. The first-order valence-electron chi connectivity index (χ1n) is 6.88. The predicted octanol–water partition coefficient (Wildman–Crippen LogP) is 5.28. The molecular weight excluding hydrogens is 204 g/mol. The second-order valence-electron chi connectivity index (χ2n) is 7.48. The Morgan fingerprint density at radius 3 is 2.41 bits per heavy atom. The second kappa shape index (κ2) is 4.15. The van der Waals surface area contributed by atoms with Gasteiger partial charge in [-0.3, -0.25) is 0 Å². The van der Waals surface area contributed by atoms with Crippen LogP contribution in [-0.4, -0.2) is 0 Å². The standard InChI is InChI=1S/C17H26/c1-16(2,3)15-8-6-7-13(11-15)14-9-10-17(4,5)12-14/h6-8,11,14H,9-10,12H2,1-5H3. The molecule has 0 heteroatoms. The molecule has 1 aliphatic rings. The minimum atomic E-state index is 0.268. The van der Waals surface area contributed by atoms with E-state index in [9.17, 15) is 0 Å². The van der Waals surface area contributed by atoms with Crippen LogP contribution < -0.4 is 0 Å². The Hall–Kier alpha value is -0.780. The van der Waals surface area contributed by atoms with Gasteiger partial charge in [-0.05, 0) is 47.1 Å². The largest absolute Gasteiger partial charge is 0.0617 e. The van der Waals surface area contributed by atoms with Gasteiger partial charge in [0.05, 0.1) is 0 Å². The molecule has 1 fully saturated rings. The molecule has 1 aromatic rings. The third-order valence-corrected chi connectivity index (χ3v) is 4.19. The number of hydrogen-bond donors (Lipinski definition) is 0. The maximum atomic E-state index is 2.44. The quantitative estimate of drug-likeness (QED) is 0.616. The third-order valence-electron chi connectivity index (χ3n) is 4.19. The average Bonchev–Trinajstić information content (AvgIpc) is 2.58. The summed E-state index contributed by atoms with van der Waals surface area (Å²) in [6.07, 6.45) is 4.08. The van der Waals surface area contributed by atoms with Crippen molar-refractivity contribution in [1.29, 1.82) is 0 Å². The molecule has 0 aliphatic heterocycles. The van der Waals surface area contributed by atoms with Crippen molar-refractivity contribution in [3.63, 3.8) is 0 Å². The summed E-state index contributed by atoms with van der Waals surface area (Å²) in [6, 6.07) is 9.26. The van der Waals surface area contributed by atoms with Gasteiger partial charge in [-0.1, -0.05) is 58.9 Å². The first-order valence-corrected chi connectivity index (χ1v) is 6.88. The van der Waals surface area contributed by atoms with Gasteiger partial charge >= 0.3 is 0 Å². The Morgan fingerprint density at radius 2 is 1.88 bits per heavy atom. The Balaban J connectivity index is 2.23.